The molecule has 0 bridgehead atoms. The molecule has 164 valence electrons. The number of hydrogen-bond donors (Lipinski definition) is 0. The van der Waals surface area contributed by atoms with E-state index in [0.717, 1.165) is 32.6 Å². The molecule has 0 aromatic carbocycles. The lowest BCUT2D eigenvalue weighted by molar-refractivity contribution is -0.897. The van der Waals surface area contributed by atoms with Crippen molar-refractivity contribution in [2.45, 2.75) is 65.7 Å². The second-order valence-corrected chi connectivity index (χ2v) is 10.3. The van der Waals surface area contributed by atoms with Crippen LogP contribution in [0.5, 0.6) is 0 Å². The first kappa shape index (κ1) is 26.8. The van der Waals surface area contributed by atoms with E-state index in [1.165, 1.54) is 25.7 Å². The van der Waals surface area contributed by atoms with Gasteiger partial charge in [0, 0.05) is 25.4 Å². The molecule has 0 unspecified atom stereocenters. The Hall–Kier alpha value is -0.210. The lowest BCUT2D eigenvalue weighted by atomic mass is 9.91. The Morgan fingerprint density at radius 3 is 1.78 bits per heavy atom. The van der Waals surface area contributed by atoms with E-state index >= 15 is 0 Å². The summed E-state index contributed by atoms with van der Waals surface area (Å²) in [5.41, 5.74) is -0.141. The minimum Gasteiger partial charge on any atom is -0.748 e. The number of nitrogens with zero attached hydrogens (tertiary/aromatic N) is 1. The van der Waals surface area contributed by atoms with Gasteiger partial charge >= 0.3 is 0 Å². The summed E-state index contributed by atoms with van der Waals surface area (Å²) in [5, 5.41) is 0. The van der Waals surface area contributed by atoms with E-state index in [4.69, 9.17) is 9.47 Å². The number of ether oxygens (including phenoxy) is 2. The summed E-state index contributed by atoms with van der Waals surface area (Å²) in [5.74, 6) is -0.299. The molecule has 0 aliphatic rings. The third-order valence-corrected chi connectivity index (χ3v) is 5.44. The molecule has 0 fully saturated rings. The van der Waals surface area contributed by atoms with E-state index in [9.17, 15) is 13.0 Å². The molecule has 0 rings (SSSR count). The van der Waals surface area contributed by atoms with Crippen LogP contribution >= 0.6 is 0 Å². The second-order valence-electron chi connectivity index (χ2n) is 8.76. The molecule has 0 aliphatic heterocycles. The standard InChI is InChI=1S/C20H43NO5S/c1-6-8-10-14-25-18-20(3,19-26-15-11-9-7-2)17-21(4,5)13-12-16-27(22,23)24/h6-19H2,1-5H3. The van der Waals surface area contributed by atoms with Crippen LogP contribution < -0.4 is 0 Å². The van der Waals surface area contributed by atoms with Crippen molar-refractivity contribution in [2.75, 3.05) is 59.4 Å². The van der Waals surface area contributed by atoms with Crippen molar-refractivity contribution in [3.05, 3.63) is 0 Å². The van der Waals surface area contributed by atoms with E-state index in [1.807, 2.05) is 0 Å². The van der Waals surface area contributed by atoms with Crippen molar-refractivity contribution in [2.24, 2.45) is 5.41 Å². The fraction of sp³-hybridized carbons (Fsp3) is 1.00. The van der Waals surface area contributed by atoms with E-state index in [2.05, 4.69) is 34.9 Å². The quantitative estimate of drug-likeness (QED) is 0.197. The summed E-state index contributed by atoms with van der Waals surface area (Å²) in [6, 6.07) is 0. The van der Waals surface area contributed by atoms with Gasteiger partial charge in [-0.3, -0.25) is 0 Å². The fourth-order valence-electron chi connectivity index (χ4n) is 3.46. The van der Waals surface area contributed by atoms with Crippen LogP contribution in [0, 0.1) is 5.41 Å². The van der Waals surface area contributed by atoms with Crippen LogP contribution in [-0.4, -0.2) is 76.8 Å². The molecule has 0 saturated carbocycles. The average molecular weight is 410 g/mol. The maximum atomic E-state index is 10.9. The molecule has 0 aromatic rings. The summed E-state index contributed by atoms with van der Waals surface area (Å²) in [6.07, 6.45) is 7.23. The van der Waals surface area contributed by atoms with Crippen molar-refractivity contribution >= 4 is 10.1 Å². The highest BCUT2D eigenvalue weighted by atomic mass is 32.2. The minimum absolute atomic E-state index is 0.141. The Labute approximate surface area is 167 Å². The smallest absolute Gasteiger partial charge is 0.0948 e. The molecule has 27 heavy (non-hydrogen) atoms. The van der Waals surface area contributed by atoms with Gasteiger partial charge in [0.05, 0.1) is 55.9 Å². The Kier molecular flexibility index (Phi) is 13.8. The summed E-state index contributed by atoms with van der Waals surface area (Å²) < 4.78 is 45.1. The third-order valence-electron chi connectivity index (χ3n) is 4.65. The predicted octanol–water partition coefficient (Wildman–Crippen LogP) is 3.42. The molecule has 0 spiro atoms. The fourth-order valence-corrected chi connectivity index (χ4v) is 3.94. The first-order valence-corrected chi connectivity index (χ1v) is 12.0. The summed E-state index contributed by atoms with van der Waals surface area (Å²) in [6.45, 7) is 10.8. The van der Waals surface area contributed by atoms with Crippen LogP contribution in [0.25, 0.3) is 0 Å². The van der Waals surface area contributed by atoms with Gasteiger partial charge < -0.3 is 18.5 Å². The van der Waals surface area contributed by atoms with Crippen molar-refractivity contribution in [1.82, 2.24) is 0 Å². The molecule has 0 aliphatic carbocycles. The summed E-state index contributed by atoms with van der Waals surface area (Å²) in [4.78, 5) is 0. The molecule has 0 aromatic heterocycles. The Morgan fingerprint density at radius 2 is 1.37 bits per heavy atom. The van der Waals surface area contributed by atoms with E-state index in [1.54, 1.807) is 0 Å². The summed E-state index contributed by atoms with van der Waals surface area (Å²) in [7, 11) is 0.000728. The highest BCUT2D eigenvalue weighted by Crippen LogP contribution is 2.23. The molecule has 0 N–H and O–H groups in total. The highest BCUT2D eigenvalue weighted by molar-refractivity contribution is 7.85. The van der Waals surface area contributed by atoms with Crippen molar-refractivity contribution in [3.8, 4) is 0 Å². The molecule has 6 nitrogen and oxygen atoms in total. The third kappa shape index (κ3) is 16.4. The zero-order valence-corrected chi connectivity index (χ0v) is 19.1. The molecule has 0 amide bonds. The molecule has 0 radical (unpaired) electrons. The molecule has 0 saturated heterocycles. The SMILES string of the molecule is CCCCCOCC(C)(COCCCCC)C[N+](C)(C)CCCS(=O)(=O)[O-]. The molecule has 7 heteroatoms. The molecular weight excluding hydrogens is 366 g/mol. The zero-order valence-electron chi connectivity index (χ0n) is 18.3. The number of hydrogen-bond acceptors (Lipinski definition) is 5. The largest absolute Gasteiger partial charge is 0.748 e. The van der Waals surface area contributed by atoms with Crippen molar-refractivity contribution in [1.29, 1.82) is 0 Å². The van der Waals surface area contributed by atoms with Gasteiger partial charge in [0.15, 0.2) is 0 Å². The van der Waals surface area contributed by atoms with E-state index in [-0.39, 0.29) is 11.2 Å². The lowest BCUT2D eigenvalue weighted by Gasteiger charge is -2.39. The van der Waals surface area contributed by atoms with Gasteiger partial charge in [-0.2, -0.15) is 0 Å². The van der Waals surface area contributed by atoms with Gasteiger partial charge in [0.2, 0.25) is 0 Å². The average Bonchev–Trinajstić information content (AvgIpc) is 2.52. The topological polar surface area (TPSA) is 75.7 Å². The molecular formula is C20H43NO5S. The first-order valence-electron chi connectivity index (χ1n) is 10.4. The monoisotopic (exact) mass is 409 g/mol. The lowest BCUT2D eigenvalue weighted by Crippen LogP contribution is -2.51. The van der Waals surface area contributed by atoms with Gasteiger partial charge in [-0.25, -0.2) is 8.42 Å². The van der Waals surface area contributed by atoms with E-state index < -0.39 is 10.1 Å². The van der Waals surface area contributed by atoms with Gasteiger partial charge in [-0.05, 0) is 19.8 Å². The van der Waals surface area contributed by atoms with E-state index in [0.29, 0.717) is 30.7 Å². The minimum atomic E-state index is -4.15. The van der Waals surface area contributed by atoms with Gasteiger partial charge in [-0.1, -0.05) is 39.5 Å². The summed E-state index contributed by atoms with van der Waals surface area (Å²) >= 11 is 0. The highest BCUT2D eigenvalue weighted by Gasteiger charge is 2.33. The van der Waals surface area contributed by atoms with Crippen molar-refractivity contribution < 1.29 is 26.9 Å². The Bertz CT molecular complexity index is 451. The first-order chi connectivity index (χ1) is 12.5. The molecule has 0 atom stereocenters. The van der Waals surface area contributed by atoms with Crippen LogP contribution in [0.3, 0.4) is 0 Å². The van der Waals surface area contributed by atoms with Crippen LogP contribution in [0.15, 0.2) is 0 Å². The zero-order chi connectivity index (χ0) is 20.8. The van der Waals surface area contributed by atoms with Crippen molar-refractivity contribution in [3.63, 3.8) is 0 Å². The second kappa shape index (κ2) is 13.9. The normalized spacial score (nSPS) is 13.3. The molecule has 0 heterocycles. The Balaban J connectivity index is 4.62. The van der Waals surface area contributed by atoms with Gasteiger partial charge in [0.1, 0.15) is 0 Å². The van der Waals surface area contributed by atoms with Crippen LogP contribution in [0.1, 0.15) is 65.7 Å². The number of quaternary nitrogens is 1. The van der Waals surface area contributed by atoms with Gasteiger partial charge in [0.25, 0.3) is 0 Å². The van der Waals surface area contributed by atoms with Crippen LogP contribution in [0.2, 0.25) is 0 Å². The maximum Gasteiger partial charge on any atom is 0.0948 e. The number of rotatable bonds is 18. The number of unbranched alkanes of at least 4 members (excludes halogenated alkanes) is 4. The van der Waals surface area contributed by atoms with Crippen LogP contribution in [-0.2, 0) is 19.6 Å². The maximum absolute atomic E-state index is 10.9. The predicted molar refractivity (Wildman–Crippen MR) is 110 cm³/mol. The Morgan fingerprint density at radius 1 is 0.889 bits per heavy atom. The van der Waals surface area contributed by atoms with Gasteiger partial charge in [-0.15, -0.1) is 0 Å². The van der Waals surface area contributed by atoms with Crippen LogP contribution in [0.4, 0.5) is 0 Å².